The third kappa shape index (κ3) is 2.98. The minimum atomic E-state index is 0.225. The standard InChI is InChI=1S/C22H24N6O/c1-13-21-14(11-27(3)26-21)10-16(22(13)29)17-4-5-19-18(24-17)6-7-20(25-19)28-9-8-15(12-28)23-2/h4-7,10-11,15,23,29H,8-9,12H2,1-3H3. The van der Waals surface area contributed by atoms with Gasteiger partial charge >= 0.3 is 0 Å². The second-order valence-corrected chi connectivity index (χ2v) is 7.76. The molecule has 2 N–H and O–H groups in total. The molecule has 0 amide bonds. The predicted molar refractivity (Wildman–Crippen MR) is 115 cm³/mol. The van der Waals surface area contributed by atoms with Crippen molar-refractivity contribution in [2.45, 2.75) is 19.4 Å². The van der Waals surface area contributed by atoms with E-state index in [-0.39, 0.29) is 5.75 Å². The number of aromatic nitrogens is 4. The van der Waals surface area contributed by atoms with E-state index in [1.165, 1.54) is 0 Å². The van der Waals surface area contributed by atoms with E-state index < -0.39 is 0 Å². The lowest BCUT2D eigenvalue weighted by atomic mass is 10.0. The van der Waals surface area contributed by atoms with Gasteiger partial charge in [-0.1, -0.05) is 0 Å². The molecule has 4 heterocycles. The average molecular weight is 388 g/mol. The van der Waals surface area contributed by atoms with E-state index in [1.807, 2.05) is 57.5 Å². The van der Waals surface area contributed by atoms with E-state index >= 15 is 0 Å². The Morgan fingerprint density at radius 3 is 2.72 bits per heavy atom. The number of pyridine rings is 2. The summed E-state index contributed by atoms with van der Waals surface area (Å²) >= 11 is 0. The van der Waals surface area contributed by atoms with Crippen molar-refractivity contribution < 1.29 is 5.11 Å². The summed E-state index contributed by atoms with van der Waals surface area (Å²) in [4.78, 5) is 11.9. The highest BCUT2D eigenvalue weighted by atomic mass is 16.3. The molecule has 3 aromatic heterocycles. The Bertz CT molecular complexity index is 1230. The molecule has 0 spiro atoms. The average Bonchev–Trinajstić information content (AvgIpc) is 3.36. The molecule has 0 aliphatic carbocycles. The highest BCUT2D eigenvalue weighted by Gasteiger charge is 2.22. The van der Waals surface area contributed by atoms with Crippen molar-refractivity contribution in [3.8, 4) is 17.0 Å². The quantitative estimate of drug-likeness (QED) is 0.562. The lowest BCUT2D eigenvalue weighted by molar-refractivity contribution is 0.474. The molecule has 1 unspecified atom stereocenters. The van der Waals surface area contributed by atoms with Crippen LogP contribution in [-0.4, -0.2) is 51.0 Å². The van der Waals surface area contributed by atoms with Crippen molar-refractivity contribution in [2.75, 3.05) is 25.0 Å². The number of fused-ring (bicyclic) bond motifs is 2. The summed E-state index contributed by atoms with van der Waals surface area (Å²) in [5, 5.41) is 19.5. The molecule has 1 aliphatic heterocycles. The van der Waals surface area contributed by atoms with Crippen molar-refractivity contribution in [1.82, 2.24) is 25.1 Å². The highest BCUT2D eigenvalue weighted by molar-refractivity contribution is 5.91. The number of aryl methyl sites for hydroxylation is 2. The number of hydrogen-bond donors (Lipinski definition) is 2. The lowest BCUT2D eigenvalue weighted by Gasteiger charge is -2.17. The number of benzene rings is 1. The number of rotatable bonds is 3. The Morgan fingerprint density at radius 1 is 1.14 bits per heavy atom. The fourth-order valence-corrected chi connectivity index (χ4v) is 4.17. The Labute approximate surface area is 169 Å². The molecular formula is C22H24N6O. The zero-order chi connectivity index (χ0) is 20.1. The van der Waals surface area contributed by atoms with Crippen LogP contribution >= 0.6 is 0 Å². The van der Waals surface area contributed by atoms with Gasteiger partial charge in [0.1, 0.15) is 11.6 Å². The van der Waals surface area contributed by atoms with E-state index in [9.17, 15) is 5.11 Å². The molecule has 1 aliphatic rings. The van der Waals surface area contributed by atoms with Crippen LogP contribution in [0.5, 0.6) is 5.75 Å². The minimum absolute atomic E-state index is 0.225. The maximum atomic E-state index is 10.7. The molecule has 1 fully saturated rings. The van der Waals surface area contributed by atoms with Crippen LogP contribution in [0.3, 0.4) is 0 Å². The number of aromatic hydroxyl groups is 1. The number of hydrogen-bond acceptors (Lipinski definition) is 6. The molecule has 4 aromatic rings. The second-order valence-electron chi connectivity index (χ2n) is 7.76. The Hall–Kier alpha value is -3.19. The summed E-state index contributed by atoms with van der Waals surface area (Å²) in [7, 11) is 3.89. The van der Waals surface area contributed by atoms with Crippen LogP contribution in [0, 0.1) is 6.92 Å². The fourth-order valence-electron chi connectivity index (χ4n) is 4.17. The summed E-state index contributed by atoms with van der Waals surface area (Å²) in [5.74, 6) is 1.21. The van der Waals surface area contributed by atoms with Gasteiger partial charge in [-0.3, -0.25) is 4.68 Å². The minimum Gasteiger partial charge on any atom is -0.507 e. The lowest BCUT2D eigenvalue weighted by Crippen LogP contribution is -2.29. The molecule has 148 valence electrons. The molecule has 1 saturated heterocycles. The van der Waals surface area contributed by atoms with E-state index in [2.05, 4.69) is 15.3 Å². The number of nitrogens with zero attached hydrogens (tertiary/aromatic N) is 5. The predicted octanol–water partition coefficient (Wildman–Crippen LogP) is 3.00. The van der Waals surface area contributed by atoms with Crippen LogP contribution in [0.4, 0.5) is 5.82 Å². The van der Waals surface area contributed by atoms with Gasteiger partial charge in [-0.15, -0.1) is 0 Å². The van der Waals surface area contributed by atoms with Gasteiger partial charge in [0.25, 0.3) is 0 Å². The topological polar surface area (TPSA) is 79.1 Å². The number of anilines is 1. The van der Waals surface area contributed by atoms with Crippen LogP contribution in [0.1, 0.15) is 12.0 Å². The number of likely N-dealkylation sites (N-methyl/N-ethyl adjacent to an activating group) is 1. The maximum Gasteiger partial charge on any atom is 0.130 e. The summed E-state index contributed by atoms with van der Waals surface area (Å²) in [6.45, 7) is 3.87. The summed E-state index contributed by atoms with van der Waals surface area (Å²) in [6.07, 6.45) is 3.08. The number of nitrogens with one attached hydrogen (secondary N) is 1. The Balaban J connectivity index is 1.54. The van der Waals surface area contributed by atoms with Crippen molar-refractivity contribution in [2.24, 2.45) is 7.05 Å². The van der Waals surface area contributed by atoms with E-state index in [0.717, 1.165) is 58.5 Å². The Morgan fingerprint density at radius 2 is 1.93 bits per heavy atom. The van der Waals surface area contributed by atoms with Gasteiger partial charge in [0.05, 0.1) is 22.2 Å². The zero-order valence-electron chi connectivity index (χ0n) is 16.8. The van der Waals surface area contributed by atoms with Gasteiger partial charge in [-0.2, -0.15) is 5.10 Å². The molecule has 29 heavy (non-hydrogen) atoms. The van der Waals surface area contributed by atoms with Gasteiger partial charge in [0, 0.05) is 48.9 Å². The van der Waals surface area contributed by atoms with Crippen molar-refractivity contribution in [1.29, 1.82) is 0 Å². The van der Waals surface area contributed by atoms with Crippen LogP contribution < -0.4 is 10.2 Å². The first-order valence-corrected chi connectivity index (χ1v) is 9.90. The summed E-state index contributed by atoms with van der Waals surface area (Å²) in [6, 6.07) is 10.4. The van der Waals surface area contributed by atoms with E-state index in [4.69, 9.17) is 9.97 Å². The molecule has 7 heteroatoms. The zero-order valence-corrected chi connectivity index (χ0v) is 16.8. The largest absolute Gasteiger partial charge is 0.507 e. The van der Waals surface area contributed by atoms with Crippen molar-refractivity contribution in [3.05, 3.63) is 42.1 Å². The smallest absolute Gasteiger partial charge is 0.130 e. The second kappa shape index (κ2) is 6.70. The molecule has 5 rings (SSSR count). The highest BCUT2D eigenvalue weighted by Crippen LogP contribution is 2.36. The molecule has 7 nitrogen and oxygen atoms in total. The van der Waals surface area contributed by atoms with Gasteiger partial charge < -0.3 is 15.3 Å². The van der Waals surface area contributed by atoms with Crippen molar-refractivity contribution >= 4 is 27.8 Å². The van der Waals surface area contributed by atoms with Crippen LogP contribution in [0.25, 0.3) is 33.2 Å². The molecule has 1 atom stereocenters. The van der Waals surface area contributed by atoms with Gasteiger partial charge in [0.15, 0.2) is 0 Å². The maximum absolute atomic E-state index is 10.7. The number of phenols is 1. The van der Waals surface area contributed by atoms with Gasteiger partial charge in [-0.25, -0.2) is 9.97 Å². The molecular weight excluding hydrogens is 364 g/mol. The van der Waals surface area contributed by atoms with Crippen LogP contribution in [0.15, 0.2) is 36.5 Å². The van der Waals surface area contributed by atoms with Crippen LogP contribution in [-0.2, 0) is 7.05 Å². The third-order valence-electron chi connectivity index (χ3n) is 5.85. The first-order chi connectivity index (χ1) is 14.0. The molecule has 0 saturated carbocycles. The van der Waals surface area contributed by atoms with E-state index in [1.54, 1.807) is 4.68 Å². The summed E-state index contributed by atoms with van der Waals surface area (Å²) < 4.78 is 1.76. The molecule has 0 radical (unpaired) electrons. The Kier molecular flexibility index (Phi) is 4.13. The first kappa shape index (κ1) is 17.9. The SMILES string of the molecule is CNC1CCN(c2ccc3nc(-c4cc5cn(C)nc5c(C)c4O)ccc3n2)C1. The monoisotopic (exact) mass is 388 g/mol. The van der Waals surface area contributed by atoms with Gasteiger partial charge in [0.2, 0.25) is 0 Å². The fraction of sp³-hybridized carbons (Fsp3) is 0.318. The molecule has 1 aromatic carbocycles. The number of phenolic OH excluding ortho intramolecular Hbond substituents is 1. The first-order valence-electron chi connectivity index (χ1n) is 9.90. The van der Waals surface area contributed by atoms with Crippen molar-refractivity contribution in [3.63, 3.8) is 0 Å². The van der Waals surface area contributed by atoms with Gasteiger partial charge in [-0.05, 0) is 50.7 Å². The molecule has 0 bridgehead atoms. The van der Waals surface area contributed by atoms with Crippen LogP contribution in [0.2, 0.25) is 0 Å². The summed E-state index contributed by atoms with van der Waals surface area (Å²) in [5.41, 5.74) is 4.70. The third-order valence-corrected chi connectivity index (χ3v) is 5.85. The van der Waals surface area contributed by atoms with E-state index in [0.29, 0.717) is 11.6 Å². The normalized spacial score (nSPS) is 16.9.